The average molecular weight is 478 g/mol. The fourth-order valence-corrected chi connectivity index (χ4v) is 3.20. The number of hydrogen-bond donors (Lipinski definition) is 1. The van der Waals surface area contributed by atoms with Crippen molar-refractivity contribution in [3.63, 3.8) is 0 Å². The third-order valence-electron chi connectivity index (χ3n) is 4.57. The quantitative estimate of drug-likeness (QED) is 0.181. The van der Waals surface area contributed by atoms with Crippen LogP contribution in [0.2, 0.25) is 5.02 Å². The highest BCUT2D eigenvalue weighted by Crippen LogP contribution is 2.28. The number of nitro benzene ring substituents is 1. The molecule has 3 rings (SSSR count). The summed E-state index contributed by atoms with van der Waals surface area (Å²) in [5.74, 6) is 0.482. The van der Waals surface area contributed by atoms with Gasteiger partial charge in [0.1, 0.15) is 29.7 Å². The first-order valence-electron chi connectivity index (χ1n) is 10.2. The van der Waals surface area contributed by atoms with Gasteiger partial charge >= 0.3 is 0 Å². The summed E-state index contributed by atoms with van der Waals surface area (Å²) in [5.41, 5.74) is 1.55. The predicted molar refractivity (Wildman–Crippen MR) is 129 cm³/mol. The van der Waals surface area contributed by atoms with Crippen molar-refractivity contribution < 1.29 is 19.2 Å². The Morgan fingerprint density at radius 1 is 1.15 bits per heavy atom. The number of carbonyl (C=O) groups is 1. The molecule has 3 aromatic rings. The van der Waals surface area contributed by atoms with Gasteiger partial charge in [0.25, 0.3) is 11.6 Å². The Labute approximate surface area is 201 Å². The van der Waals surface area contributed by atoms with Crippen molar-refractivity contribution in [3.05, 3.63) is 98.6 Å². The van der Waals surface area contributed by atoms with Gasteiger partial charge in [0.15, 0.2) is 0 Å². The Balaban J connectivity index is 1.67. The van der Waals surface area contributed by atoms with Crippen LogP contribution in [0.4, 0.5) is 11.4 Å². The number of carbonyl (C=O) groups excluding carboxylic acids is 1. The van der Waals surface area contributed by atoms with Crippen LogP contribution in [0.3, 0.4) is 0 Å². The Hall–Kier alpha value is -4.35. The fraction of sp³-hybridized carbons (Fsp3) is 0.120. The molecule has 0 bridgehead atoms. The van der Waals surface area contributed by atoms with Crippen LogP contribution >= 0.6 is 11.6 Å². The maximum absolute atomic E-state index is 12.5. The first kappa shape index (κ1) is 24.3. The van der Waals surface area contributed by atoms with Crippen molar-refractivity contribution >= 4 is 35.0 Å². The van der Waals surface area contributed by atoms with Gasteiger partial charge in [0, 0.05) is 17.8 Å². The zero-order valence-corrected chi connectivity index (χ0v) is 18.9. The minimum atomic E-state index is -0.561. The van der Waals surface area contributed by atoms with Gasteiger partial charge in [-0.1, -0.05) is 29.8 Å². The lowest BCUT2D eigenvalue weighted by Crippen LogP contribution is -2.13. The molecule has 0 spiro atoms. The molecule has 9 heteroatoms. The van der Waals surface area contributed by atoms with Crippen LogP contribution in [0.1, 0.15) is 18.1 Å². The van der Waals surface area contributed by atoms with Gasteiger partial charge in [0.05, 0.1) is 16.6 Å². The minimum absolute atomic E-state index is 0.0276. The lowest BCUT2D eigenvalue weighted by atomic mass is 10.1. The summed E-state index contributed by atoms with van der Waals surface area (Å²) in [6, 6.07) is 19.6. The van der Waals surface area contributed by atoms with Crippen molar-refractivity contribution in [1.82, 2.24) is 0 Å². The topological polar surface area (TPSA) is 114 Å². The number of anilines is 1. The molecule has 172 valence electrons. The molecule has 0 heterocycles. The van der Waals surface area contributed by atoms with E-state index in [1.165, 1.54) is 18.2 Å². The van der Waals surface area contributed by atoms with E-state index in [2.05, 4.69) is 5.32 Å². The number of amides is 1. The fourth-order valence-electron chi connectivity index (χ4n) is 2.96. The van der Waals surface area contributed by atoms with Gasteiger partial charge in [-0.3, -0.25) is 14.9 Å². The second kappa shape index (κ2) is 11.5. The van der Waals surface area contributed by atoms with Gasteiger partial charge < -0.3 is 14.8 Å². The van der Waals surface area contributed by atoms with Crippen molar-refractivity contribution in [1.29, 1.82) is 5.26 Å². The maximum Gasteiger partial charge on any atom is 0.269 e. The normalized spacial score (nSPS) is 10.8. The van der Waals surface area contributed by atoms with Crippen LogP contribution in [0.25, 0.3) is 6.08 Å². The van der Waals surface area contributed by atoms with E-state index < -0.39 is 10.8 Å². The molecule has 3 aromatic carbocycles. The lowest BCUT2D eigenvalue weighted by molar-refractivity contribution is -0.384. The highest BCUT2D eigenvalue weighted by atomic mass is 35.5. The molecule has 0 aliphatic rings. The molecular weight excluding hydrogens is 458 g/mol. The SMILES string of the molecule is CCOc1ccc(NC(=O)/C(C#N)=C/c2ccc(OCc3cccc([N+](=O)[O-])c3)c(Cl)c2)cc1. The number of benzene rings is 3. The monoisotopic (exact) mass is 477 g/mol. The van der Waals surface area contributed by atoms with Gasteiger partial charge in [-0.05, 0) is 60.5 Å². The summed E-state index contributed by atoms with van der Waals surface area (Å²) < 4.78 is 11.0. The molecule has 1 amide bonds. The minimum Gasteiger partial charge on any atom is -0.494 e. The van der Waals surface area contributed by atoms with E-state index in [-0.39, 0.29) is 22.9 Å². The van der Waals surface area contributed by atoms with Crippen molar-refractivity contribution in [3.8, 4) is 17.6 Å². The van der Waals surface area contributed by atoms with Crippen molar-refractivity contribution in [2.75, 3.05) is 11.9 Å². The number of nitro groups is 1. The largest absolute Gasteiger partial charge is 0.494 e. The summed E-state index contributed by atoms with van der Waals surface area (Å²) in [5, 5.41) is 23.3. The van der Waals surface area contributed by atoms with Gasteiger partial charge in [-0.15, -0.1) is 0 Å². The van der Waals surface area contributed by atoms with Crippen LogP contribution in [-0.4, -0.2) is 17.4 Å². The van der Waals surface area contributed by atoms with Crippen LogP contribution in [0.5, 0.6) is 11.5 Å². The second-order valence-corrected chi connectivity index (χ2v) is 7.39. The first-order chi connectivity index (χ1) is 16.4. The smallest absolute Gasteiger partial charge is 0.269 e. The van der Waals surface area contributed by atoms with Crippen molar-refractivity contribution in [2.24, 2.45) is 0 Å². The summed E-state index contributed by atoms with van der Waals surface area (Å²) in [7, 11) is 0. The third-order valence-corrected chi connectivity index (χ3v) is 4.87. The summed E-state index contributed by atoms with van der Waals surface area (Å²) in [4.78, 5) is 22.9. The number of hydrogen-bond acceptors (Lipinski definition) is 6. The summed E-state index contributed by atoms with van der Waals surface area (Å²) in [6.45, 7) is 2.50. The van der Waals surface area contributed by atoms with E-state index in [4.69, 9.17) is 21.1 Å². The molecule has 0 aromatic heterocycles. The molecule has 0 saturated heterocycles. The standard InChI is InChI=1S/C25H20ClN3O5/c1-2-33-22-9-7-20(8-10-22)28-25(30)19(15-27)12-17-6-11-24(23(26)14-17)34-16-18-4-3-5-21(13-18)29(31)32/h3-14H,2,16H2,1H3,(H,28,30)/b19-12+. The Morgan fingerprint density at radius 3 is 2.56 bits per heavy atom. The maximum atomic E-state index is 12.5. The first-order valence-corrected chi connectivity index (χ1v) is 10.6. The molecular formula is C25H20ClN3O5. The van der Waals surface area contributed by atoms with Crippen molar-refractivity contribution in [2.45, 2.75) is 13.5 Å². The molecule has 0 radical (unpaired) electrons. The predicted octanol–water partition coefficient (Wildman–Crippen LogP) is 5.77. The van der Waals surface area contributed by atoms with Crippen LogP contribution < -0.4 is 14.8 Å². The van der Waals surface area contributed by atoms with Crippen LogP contribution in [-0.2, 0) is 11.4 Å². The lowest BCUT2D eigenvalue weighted by Gasteiger charge is -2.09. The molecule has 1 N–H and O–H groups in total. The molecule has 0 fully saturated rings. The zero-order chi connectivity index (χ0) is 24.5. The zero-order valence-electron chi connectivity index (χ0n) is 18.2. The van der Waals surface area contributed by atoms with E-state index in [9.17, 15) is 20.2 Å². The Bertz CT molecular complexity index is 1270. The molecule has 0 aliphatic carbocycles. The van der Waals surface area contributed by atoms with Crippen LogP contribution in [0, 0.1) is 21.4 Å². The van der Waals surface area contributed by atoms with Crippen LogP contribution in [0.15, 0.2) is 72.3 Å². The highest BCUT2D eigenvalue weighted by molar-refractivity contribution is 6.32. The second-order valence-electron chi connectivity index (χ2n) is 6.99. The number of nitrogens with one attached hydrogen (secondary N) is 1. The van der Waals surface area contributed by atoms with Gasteiger partial charge in [0.2, 0.25) is 0 Å². The molecule has 8 nitrogen and oxygen atoms in total. The number of halogens is 1. The van der Waals surface area contributed by atoms with E-state index in [1.807, 2.05) is 13.0 Å². The number of nitriles is 1. The average Bonchev–Trinajstić information content (AvgIpc) is 2.83. The Kier molecular flexibility index (Phi) is 8.21. The Morgan fingerprint density at radius 2 is 1.91 bits per heavy atom. The van der Waals surface area contributed by atoms with E-state index in [0.717, 1.165) is 0 Å². The molecule has 0 aliphatic heterocycles. The molecule has 0 unspecified atom stereocenters. The van der Waals surface area contributed by atoms with E-state index in [1.54, 1.807) is 54.6 Å². The highest BCUT2D eigenvalue weighted by Gasteiger charge is 2.11. The molecule has 0 saturated carbocycles. The van der Waals surface area contributed by atoms with Gasteiger partial charge in [-0.25, -0.2) is 0 Å². The number of rotatable bonds is 9. The summed E-state index contributed by atoms with van der Waals surface area (Å²) in [6.07, 6.45) is 1.42. The molecule has 0 atom stereocenters. The summed E-state index contributed by atoms with van der Waals surface area (Å²) >= 11 is 6.30. The molecule has 34 heavy (non-hydrogen) atoms. The third kappa shape index (κ3) is 6.58. The van der Waals surface area contributed by atoms with E-state index >= 15 is 0 Å². The van der Waals surface area contributed by atoms with E-state index in [0.29, 0.717) is 34.9 Å². The number of non-ortho nitro benzene ring substituents is 1. The number of nitrogens with zero attached hydrogens (tertiary/aromatic N) is 2. The van der Waals surface area contributed by atoms with Gasteiger partial charge in [-0.2, -0.15) is 5.26 Å². The number of ether oxygens (including phenoxy) is 2.